The molecule has 0 heterocycles. The van der Waals surface area contributed by atoms with Crippen LogP contribution in [-0.4, -0.2) is 11.2 Å². The number of hydrogen-bond acceptors (Lipinski definition) is 1. The Morgan fingerprint density at radius 3 is 2.29 bits per heavy atom. The highest BCUT2D eigenvalue weighted by atomic mass is 16.3. The average molecular weight is 389 g/mol. The van der Waals surface area contributed by atoms with E-state index in [4.69, 9.17) is 0 Å². The summed E-state index contributed by atoms with van der Waals surface area (Å²) in [5.74, 6) is 6.49. The molecule has 4 rings (SSSR count). The molecule has 0 aromatic rings. The van der Waals surface area contributed by atoms with Gasteiger partial charge in [0.25, 0.3) is 0 Å². The molecular weight excluding hydrogens is 340 g/mol. The average Bonchev–Trinajstić information content (AvgIpc) is 2.99. The van der Waals surface area contributed by atoms with Crippen molar-refractivity contribution in [2.45, 2.75) is 118 Å². The van der Waals surface area contributed by atoms with Crippen LogP contribution in [0.1, 0.15) is 112 Å². The Kier molecular flexibility index (Phi) is 5.98. The Labute approximate surface area is 175 Å². The summed E-state index contributed by atoms with van der Waals surface area (Å²) in [6.45, 7) is 12.7. The summed E-state index contributed by atoms with van der Waals surface area (Å²) in [7, 11) is 0. The Morgan fingerprint density at radius 2 is 1.54 bits per heavy atom. The van der Waals surface area contributed by atoms with E-state index in [1.807, 2.05) is 0 Å². The van der Waals surface area contributed by atoms with Crippen molar-refractivity contribution >= 4 is 0 Å². The minimum atomic E-state index is -0.00830. The van der Waals surface area contributed by atoms with Crippen molar-refractivity contribution in [3.8, 4) is 0 Å². The van der Waals surface area contributed by atoms with Gasteiger partial charge in [-0.2, -0.15) is 0 Å². The van der Waals surface area contributed by atoms with Gasteiger partial charge in [-0.1, -0.05) is 53.9 Å². The van der Waals surface area contributed by atoms with Crippen molar-refractivity contribution in [3.63, 3.8) is 0 Å². The maximum absolute atomic E-state index is 10.3. The molecule has 0 aromatic carbocycles. The molecule has 0 radical (unpaired) electrons. The Morgan fingerprint density at radius 1 is 0.821 bits per heavy atom. The first kappa shape index (κ1) is 21.2. The first-order valence-corrected chi connectivity index (χ1v) is 12.9. The normalized spacial score (nSPS) is 49.4. The van der Waals surface area contributed by atoms with Crippen LogP contribution in [0.5, 0.6) is 0 Å². The van der Waals surface area contributed by atoms with Crippen LogP contribution in [0, 0.1) is 52.3 Å². The van der Waals surface area contributed by atoms with Crippen molar-refractivity contribution in [1.82, 2.24) is 0 Å². The van der Waals surface area contributed by atoms with E-state index in [0.717, 1.165) is 54.3 Å². The second-order valence-electron chi connectivity index (χ2n) is 12.6. The Balaban J connectivity index is 1.46. The van der Waals surface area contributed by atoms with Gasteiger partial charge in [0.2, 0.25) is 0 Å². The maximum atomic E-state index is 10.3. The van der Waals surface area contributed by atoms with E-state index in [1.54, 1.807) is 0 Å². The van der Waals surface area contributed by atoms with Crippen LogP contribution >= 0.6 is 0 Å². The first-order chi connectivity index (χ1) is 13.3. The van der Waals surface area contributed by atoms with Gasteiger partial charge in [0, 0.05) is 0 Å². The second kappa shape index (κ2) is 7.90. The summed E-state index contributed by atoms with van der Waals surface area (Å²) in [4.78, 5) is 0. The number of aliphatic hydroxyl groups is 1. The molecule has 0 amide bonds. The molecule has 1 heteroatoms. The lowest BCUT2D eigenvalue weighted by molar-refractivity contribution is -0.129. The molecule has 4 fully saturated rings. The lowest BCUT2D eigenvalue weighted by Crippen LogP contribution is -2.54. The highest BCUT2D eigenvalue weighted by molar-refractivity contribution is 5.09. The molecule has 0 spiro atoms. The van der Waals surface area contributed by atoms with E-state index in [1.165, 1.54) is 64.2 Å². The van der Waals surface area contributed by atoms with Gasteiger partial charge < -0.3 is 5.11 Å². The largest absolute Gasteiger partial charge is 0.393 e. The zero-order chi connectivity index (χ0) is 20.1. The number of aliphatic hydroxyl groups excluding tert-OH is 1. The highest BCUT2D eigenvalue weighted by Gasteiger charge is 2.60. The molecule has 28 heavy (non-hydrogen) atoms. The van der Waals surface area contributed by atoms with E-state index >= 15 is 0 Å². The van der Waals surface area contributed by atoms with Gasteiger partial charge in [0.15, 0.2) is 0 Å². The van der Waals surface area contributed by atoms with Crippen LogP contribution in [0.25, 0.3) is 0 Å². The molecule has 1 unspecified atom stereocenters. The summed E-state index contributed by atoms with van der Waals surface area (Å²) in [5, 5.41) is 10.3. The monoisotopic (exact) mass is 388 g/mol. The quantitative estimate of drug-likeness (QED) is 0.518. The topological polar surface area (TPSA) is 20.2 Å². The number of fused-ring (bicyclic) bond motifs is 5. The van der Waals surface area contributed by atoms with Crippen LogP contribution < -0.4 is 0 Å². The summed E-state index contributed by atoms with van der Waals surface area (Å²) in [5.41, 5.74) is 1.15. The summed E-state index contributed by atoms with van der Waals surface area (Å²) in [6.07, 6.45) is 16.6. The van der Waals surface area contributed by atoms with Gasteiger partial charge in [0.05, 0.1) is 6.10 Å². The molecule has 162 valence electrons. The summed E-state index contributed by atoms with van der Waals surface area (Å²) >= 11 is 0. The van der Waals surface area contributed by atoms with Crippen LogP contribution in [-0.2, 0) is 0 Å². The Hall–Kier alpha value is -0.0400. The zero-order valence-electron chi connectivity index (χ0n) is 19.6. The molecule has 9 atom stereocenters. The van der Waals surface area contributed by atoms with E-state index in [2.05, 4.69) is 34.6 Å². The van der Waals surface area contributed by atoms with Crippen molar-refractivity contribution < 1.29 is 5.11 Å². The molecular formula is C27H48O. The van der Waals surface area contributed by atoms with Gasteiger partial charge in [-0.3, -0.25) is 0 Å². The van der Waals surface area contributed by atoms with Gasteiger partial charge in [-0.05, 0) is 110 Å². The standard InChI is InChI=1S/C27H48O/c1-18(2)7-6-8-19(3)23-11-12-24-22-10-9-20-17-21(28)13-15-26(20,4)25(22)14-16-27(23,24)5/h18-25,28H,6-17H2,1-5H3/t19?,20-,21+,22+,23-,24+,25+,26+,27-/m1/s1. The van der Waals surface area contributed by atoms with Crippen molar-refractivity contribution in [2.24, 2.45) is 52.3 Å². The van der Waals surface area contributed by atoms with Crippen molar-refractivity contribution in [2.75, 3.05) is 0 Å². The minimum Gasteiger partial charge on any atom is -0.393 e. The van der Waals surface area contributed by atoms with Crippen LogP contribution in [0.2, 0.25) is 0 Å². The third kappa shape index (κ3) is 3.50. The third-order valence-electron chi connectivity index (χ3n) is 10.8. The number of rotatable bonds is 5. The van der Waals surface area contributed by atoms with E-state index in [0.29, 0.717) is 10.8 Å². The number of hydrogen-bond donors (Lipinski definition) is 1. The molecule has 0 aliphatic heterocycles. The molecule has 4 saturated carbocycles. The van der Waals surface area contributed by atoms with E-state index < -0.39 is 0 Å². The fraction of sp³-hybridized carbons (Fsp3) is 1.00. The smallest absolute Gasteiger partial charge is 0.0543 e. The predicted octanol–water partition coefficient (Wildman–Crippen LogP) is 7.47. The molecule has 1 nitrogen and oxygen atoms in total. The summed E-state index contributed by atoms with van der Waals surface area (Å²) < 4.78 is 0. The zero-order valence-corrected chi connectivity index (χ0v) is 19.6. The highest BCUT2D eigenvalue weighted by Crippen LogP contribution is 2.68. The molecule has 4 aliphatic carbocycles. The minimum absolute atomic E-state index is 0.00830. The lowest BCUT2D eigenvalue weighted by Gasteiger charge is -2.61. The van der Waals surface area contributed by atoms with Crippen LogP contribution in [0.4, 0.5) is 0 Å². The molecule has 0 aromatic heterocycles. The van der Waals surface area contributed by atoms with Gasteiger partial charge in [0.1, 0.15) is 0 Å². The Bertz CT molecular complexity index is 540. The fourth-order valence-electron chi connectivity index (χ4n) is 9.26. The third-order valence-corrected chi connectivity index (χ3v) is 10.8. The van der Waals surface area contributed by atoms with Crippen molar-refractivity contribution in [3.05, 3.63) is 0 Å². The van der Waals surface area contributed by atoms with Crippen molar-refractivity contribution in [1.29, 1.82) is 0 Å². The van der Waals surface area contributed by atoms with Gasteiger partial charge in [-0.25, -0.2) is 0 Å². The van der Waals surface area contributed by atoms with Gasteiger partial charge in [-0.15, -0.1) is 0 Å². The molecule has 4 aliphatic rings. The lowest BCUT2D eigenvalue weighted by atomic mass is 9.44. The first-order valence-electron chi connectivity index (χ1n) is 12.9. The predicted molar refractivity (Wildman–Crippen MR) is 119 cm³/mol. The molecule has 0 bridgehead atoms. The molecule has 0 saturated heterocycles. The molecule has 1 N–H and O–H groups in total. The summed E-state index contributed by atoms with van der Waals surface area (Å²) in [6, 6.07) is 0. The fourth-order valence-corrected chi connectivity index (χ4v) is 9.26. The SMILES string of the molecule is CC(C)CCCC(C)[C@H]1CC[C@H]2[C@@H]3CC[C@@H]4C[C@@H](O)CC[C@]4(C)[C@H]3CC[C@]12C. The van der Waals surface area contributed by atoms with Crippen LogP contribution in [0.15, 0.2) is 0 Å². The maximum Gasteiger partial charge on any atom is 0.0543 e. The van der Waals surface area contributed by atoms with E-state index in [9.17, 15) is 5.11 Å². The van der Waals surface area contributed by atoms with Crippen LogP contribution in [0.3, 0.4) is 0 Å². The van der Waals surface area contributed by atoms with Gasteiger partial charge >= 0.3 is 0 Å². The van der Waals surface area contributed by atoms with E-state index in [-0.39, 0.29) is 6.10 Å². The second-order valence-corrected chi connectivity index (χ2v) is 12.6.